The van der Waals surface area contributed by atoms with E-state index in [4.69, 9.17) is 5.73 Å². The molecule has 0 aliphatic rings. The normalized spacial score (nSPS) is 10.8. The number of carbonyl (C=O) groups excluding carboxylic acids is 2. The fraction of sp³-hybridized carbons (Fsp3) is 0.227. The minimum absolute atomic E-state index is 0.143. The van der Waals surface area contributed by atoms with Crippen LogP contribution in [0.2, 0.25) is 0 Å². The number of likely N-dealkylation sites (N-methyl/N-ethyl adjacent to an activating group) is 1. The zero-order chi connectivity index (χ0) is 21.5. The Bertz CT molecular complexity index is 1010. The minimum Gasteiger partial charge on any atom is -0.397 e. The van der Waals surface area contributed by atoms with Gasteiger partial charge in [0, 0.05) is 24.8 Å². The van der Waals surface area contributed by atoms with Gasteiger partial charge in [0.25, 0.3) is 11.8 Å². The van der Waals surface area contributed by atoms with Crippen molar-refractivity contribution in [1.82, 2.24) is 20.0 Å². The van der Waals surface area contributed by atoms with Gasteiger partial charge in [0.05, 0.1) is 29.7 Å². The molecule has 0 bridgehead atoms. The van der Waals surface area contributed by atoms with E-state index in [1.54, 1.807) is 41.3 Å². The third kappa shape index (κ3) is 5.68. The van der Waals surface area contributed by atoms with Crippen molar-refractivity contribution < 1.29 is 9.59 Å². The molecule has 0 saturated carbocycles. The summed E-state index contributed by atoms with van der Waals surface area (Å²) in [7, 11) is 3.91. The zero-order valence-electron chi connectivity index (χ0n) is 17.1. The number of nitrogen functional groups attached to an aromatic ring is 1. The van der Waals surface area contributed by atoms with Crippen molar-refractivity contribution in [1.29, 1.82) is 0 Å². The number of aromatic nitrogens is 2. The molecule has 0 unspecified atom stereocenters. The van der Waals surface area contributed by atoms with Gasteiger partial charge in [-0.15, -0.1) is 0 Å². The van der Waals surface area contributed by atoms with E-state index in [0.717, 1.165) is 12.1 Å². The van der Waals surface area contributed by atoms with E-state index in [1.165, 1.54) is 0 Å². The minimum atomic E-state index is -0.227. The van der Waals surface area contributed by atoms with E-state index in [0.29, 0.717) is 35.6 Å². The molecular weight excluding hydrogens is 380 g/mol. The summed E-state index contributed by atoms with van der Waals surface area (Å²) in [6, 6.07) is 14.4. The molecule has 2 amide bonds. The van der Waals surface area contributed by atoms with Crippen LogP contribution in [-0.2, 0) is 6.54 Å². The highest BCUT2D eigenvalue weighted by Crippen LogP contribution is 2.18. The van der Waals surface area contributed by atoms with Crippen molar-refractivity contribution in [2.75, 3.05) is 38.2 Å². The van der Waals surface area contributed by atoms with Crippen LogP contribution in [-0.4, -0.2) is 53.7 Å². The maximum atomic E-state index is 12.4. The number of para-hydroxylation sites is 2. The number of anilines is 2. The summed E-state index contributed by atoms with van der Waals surface area (Å²) in [4.78, 5) is 26.6. The average molecular weight is 406 g/mol. The Balaban J connectivity index is 1.57. The molecule has 0 saturated heterocycles. The summed E-state index contributed by atoms with van der Waals surface area (Å²) < 4.78 is 1.70. The number of nitrogens with two attached hydrogens (primary N) is 1. The number of rotatable bonds is 8. The fourth-order valence-electron chi connectivity index (χ4n) is 2.82. The Hall–Kier alpha value is -3.65. The van der Waals surface area contributed by atoms with Crippen molar-refractivity contribution >= 4 is 23.2 Å². The standard InChI is InChI=1S/C22H26N6O2/c1-27(2)12-11-24-21(29)18-13-25-28(15-18)14-16-7-9-17(10-8-16)22(30)26-20-6-4-3-5-19(20)23/h3-10,13,15H,11-12,14,23H2,1-2H3,(H,24,29)(H,26,30). The number of carbonyl (C=O) groups is 2. The van der Waals surface area contributed by atoms with E-state index in [2.05, 4.69) is 15.7 Å². The first-order valence-electron chi connectivity index (χ1n) is 9.62. The van der Waals surface area contributed by atoms with Crippen molar-refractivity contribution in [2.24, 2.45) is 0 Å². The SMILES string of the molecule is CN(C)CCNC(=O)c1cnn(Cc2ccc(C(=O)Nc3ccccc3N)cc2)c1. The van der Waals surface area contributed by atoms with Crippen LogP contribution in [0, 0.1) is 0 Å². The highest BCUT2D eigenvalue weighted by molar-refractivity contribution is 6.05. The summed E-state index contributed by atoms with van der Waals surface area (Å²) >= 11 is 0. The van der Waals surface area contributed by atoms with Gasteiger partial charge in [-0.3, -0.25) is 14.3 Å². The molecule has 2 aromatic carbocycles. The summed E-state index contributed by atoms with van der Waals surface area (Å²) in [6.45, 7) is 1.85. The lowest BCUT2D eigenvalue weighted by Gasteiger charge is -2.09. The van der Waals surface area contributed by atoms with Crippen LogP contribution >= 0.6 is 0 Å². The molecule has 156 valence electrons. The van der Waals surface area contributed by atoms with Gasteiger partial charge in [0.1, 0.15) is 0 Å². The third-order valence-electron chi connectivity index (χ3n) is 4.51. The maximum absolute atomic E-state index is 12.4. The van der Waals surface area contributed by atoms with Gasteiger partial charge in [-0.2, -0.15) is 5.10 Å². The third-order valence-corrected chi connectivity index (χ3v) is 4.51. The number of hydrogen-bond acceptors (Lipinski definition) is 5. The Kier molecular flexibility index (Phi) is 6.82. The van der Waals surface area contributed by atoms with E-state index < -0.39 is 0 Å². The molecule has 0 fully saturated rings. The lowest BCUT2D eigenvalue weighted by molar-refractivity contribution is 0.0950. The summed E-state index contributed by atoms with van der Waals surface area (Å²) in [5, 5.41) is 9.92. The van der Waals surface area contributed by atoms with Crippen molar-refractivity contribution in [3.63, 3.8) is 0 Å². The van der Waals surface area contributed by atoms with Crippen LogP contribution in [0.4, 0.5) is 11.4 Å². The first-order valence-corrected chi connectivity index (χ1v) is 9.62. The van der Waals surface area contributed by atoms with Gasteiger partial charge in [0.15, 0.2) is 0 Å². The molecule has 30 heavy (non-hydrogen) atoms. The number of nitrogens with one attached hydrogen (secondary N) is 2. The van der Waals surface area contributed by atoms with Crippen LogP contribution in [0.1, 0.15) is 26.3 Å². The molecule has 0 radical (unpaired) electrons. The van der Waals surface area contributed by atoms with Gasteiger partial charge in [-0.1, -0.05) is 24.3 Å². The van der Waals surface area contributed by atoms with E-state index >= 15 is 0 Å². The molecule has 3 rings (SSSR count). The van der Waals surface area contributed by atoms with Crippen LogP contribution in [0.25, 0.3) is 0 Å². The smallest absolute Gasteiger partial charge is 0.255 e. The van der Waals surface area contributed by atoms with Crippen molar-refractivity contribution in [2.45, 2.75) is 6.54 Å². The lowest BCUT2D eigenvalue weighted by atomic mass is 10.1. The second kappa shape index (κ2) is 9.71. The molecule has 4 N–H and O–H groups in total. The predicted molar refractivity (Wildman–Crippen MR) is 117 cm³/mol. The molecule has 8 nitrogen and oxygen atoms in total. The topological polar surface area (TPSA) is 105 Å². The first kappa shape index (κ1) is 21.1. The quantitative estimate of drug-likeness (QED) is 0.497. The Morgan fingerprint density at radius 2 is 1.77 bits per heavy atom. The van der Waals surface area contributed by atoms with E-state index in [1.807, 2.05) is 43.3 Å². The highest BCUT2D eigenvalue weighted by atomic mass is 16.2. The Morgan fingerprint density at radius 1 is 1.03 bits per heavy atom. The predicted octanol–water partition coefficient (Wildman–Crippen LogP) is 2.06. The second-order valence-electron chi connectivity index (χ2n) is 7.22. The Labute approximate surface area is 175 Å². The highest BCUT2D eigenvalue weighted by Gasteiger charge is 2.10. The number of amides is 2. The van der Waals surface area contributed by atoms with Gasteiger partial charge in [0.2, 0.25) is 0 Å². The Morgan fingerprint density at radius 3 is 2.47 bits per heavy atom. The largest absolute Gasteiger partial charge is 0.397 e. The molecule has 0 atom stereocenters. The second-order valence-corrected chi connectivity index (χ2v) is 7.22. The van der Waals surface area contributed by atoms with E-state index in [9.17, 15) is 9.59 Å². The van der Waals surface area contributed by atoms with Crippen molar-refractivity contribution in [3.8, 4) is 0 Å². The molecule has 0 aliphatic carbocycles. The van der Waals surface area contributed by atoms with Crippen LogP contribution < -0.4 is 16.4 Å². The molecule has 0 aliphatic heterocycles. The first-order chi connectivity index (χ1) is 14.4. The summed E-state index contributed by atoms with van der Waals surface area (Å²) in [6.07, 6.45) is 3.26. The molecule has 3 aromatic rings. The van der Waals surface area contributed by atoms with Gasteiger partial charge in [-0.25, -0.2) is 0 Å². The molecule has 8 heteroatoms. The van der Waals surface area contributed by atoms with Crippen LogP contribution in [0.5, 0.6) is 0 Å². The van der Waals surface area contributed by atoms with Crippen LogP contribution in [0.3, 0.4) is 0 Å². The average Bonchev–Trinajstić information content (AvgIpc) is 3.18. The zero-order valence-corrected chi connectivity index (χ0v) is 17.1. The van der Waals surface area contributed by atoms with E-state index in [-0.39, 0.29) is 11.8 Å². The number of benzene rings is 2. The molecule has 1 heterocycles. The van der Waals surface area contributed by atoms with Gasteiger partial charge < -0.3 is 21.3 Å². The summed E-state index contributed by atoms with van der Waals surface area (Å²) in [5.41, 5.74) is 8.98. The number of hydrogen-bond donors (Lipinski definition) is 3. The monoisotopic (exact) mass is 406 g/mol. The number of nitrogens with zero attached hydrogens (tertiary/aromatic N) is 3. The molecular formula is C22H26N6O2. The van der Waals surface area contributed by atoms with Gasteiger partial charge in [-0.05, 0) is 43.9 Å². The van der Waals surface area contributed by atoms with Gasteiger partial charge >= 0.3 is 0 Å². The fourth-order valence-corrected chi connectivity index (χ4v) is 2.82. The van der Waals surface area contributed by atoms with Crippen LogP contribution in [0.15, 0.2) is 60.9 Å². The maximum Gasteiger partial charge on any atom is 0.255 e. The lowest BCUT2D eigenvalue weighted by Crippen LogP contribution is -2.31. The summed E-state index contributed by atoms with van der Waals surface area (Å²) in [5.74, 6) is -0.370. The van der Waals surface area contributed by atoms with Crippen molar-refractivity contribution in [3.05, 3.63) is 77.6 Å². The molecule has 0 spiro atoms. The molecule has 1 aromatic heterocycles.